The average molecular weight is 426 g/mol. The number of carboxylic acids is 1. The van der Waals surface area contributed by atoms with Crippen LogP contribution in [-0.2, 0) is 14.3 Å². The first-order valence-electron chi connectivity index (χ1n) is 9.60. The Morgan fingerprint density at radius 3 is 2.45 bits per heavy atom. The van der Waals surface area contributed by atoms with Gasteiger partial charge in [-0.25, -0.2) is 4.79 Å². The van der Waals surface area contributed by atoms with Crippen molar-refractivity contribution in [3.63, 3.8) is 0 Å². The summed E-state index contributed by atoms with van der Waals surface area (Å²) in [6.45, 7) is 3.04. The summed E-state index contributed by atoms with van der Waals surface area (Å²) in [6, 6.07) is 11.7. The second-order valence-corrected chi connectivity index (χ2v) is 6.83. The van der Waals surface area contributed by atoms with Gasteiger partial charge in [0, 0.05) is 6.07 Å². The molecule has 0 amide bonds. The lowest BCUT2D eigenvalue weighted by molar-refractivity contribution is -0.142. The molecule has 0 aliphatic heterocycles. The van der Waals surface area contributed by atoms with Crippen molar-refractivity contribution in [3.05, 3.63) is 59.0 Å². The molecule has 1 atom stereocenters. The average Bonchev–Trinajstić information content (AvgIpc) is 2.74. The maximum absolute atomic E-state index is 12.9. The summed E-state index contributed by atoms with van der Waals surface area (Å²) in [5.41, 5.74) is 1.24. The van der Waals surface area contributed by atoms with Crippen LogP contribution in [0.5, 0.6) is 11.5 Å². The zero-order valence-corrected chi connectivity index (χ0v) is 17.1. The molecule has 1 heterocycles. The van der Waals surface area contributed by atoms with E-state index in [9.17, 15) is 14.4 Å². The molecule has 3 rings (SSSR count). The van der Waals surface area contributed by atoms with E-state index in [0.717, 1.165) is 0 Å². The summed E-state index contributed by atoms with van der Waals surface area (Å²) >= 11 is 0. The van der Waals surface area contributed by atoms with Crippen molar-refractivity contribution in [1.29, 1.82) is 0 Å². The second kappa shape index (κ2) is 9.90. The van der Waals surface area contributed by atoms with Crippen molar-refractivity contribution in [2.24, 2.45) is 0 Å². The van der Waals surface area contributed by atoms with Gasteiger partial charge >= 0.3 is 5.97 Å². The number of ether oxygens (including phenoxy) is 3. The Balaban J connectivity index is 1.73. The maximum atomic E-state index is 12.9. The van der Waals surface area contributed by atoms with Crippen molar-refractivity contribution >= 4 is 22.7 Å². The lowest BCUT2D eigenvalue weighted by Crippen LogP contribution is -2.20. The van der Waals surface area contributed by atoms with Crippen LogP contribution in [0.4, 0.5) is 0 Å². The number of ketones is 1. The molecule has 8 nitrogen and oxygen atoms in total. The zero-order chi connectivity index (χ0) is 22.4. The SMILES string of the molecule is CC(=O)C(C)Oc1ccc(-c2coc3cc(OCCOCC(=O)O)ccc3c2=O)cc1. The van der Waals surface area contributed by atoms with Crippen LogP contribution in [-0.4, -0.2) is 42.8 Å². The molecule has 162 valence electrons. The van der Waals surface area contributed by atoms with E-state index in [2.05, 4.69) is 0 Å². The highest BCUT2D eigenvalue weighted by molar-refractivity contribution is 5.83. The Morgan fingerprint density at radius 1 is 1.06 bits per heavy atom. The smallest absolute Gasteiger partial charge is 0.329 e. The number of fused-ring (bicyclic) bond motifs is 1. The fourth-order valence-corrected chi connectivity index (χ4v) is 2.78. The molecule has 2 aromatic carbocycles. The van der Waals surface area contributed by atoms with E-state index >= 15 is 0 Å². The van der Waals surface area contributed by atoms with Crippen LogP contribution in [0, 0.1) is 0 Å². The number of benzene rings is 2. The molecule has 0 radical (unpaired) electrons. The van der Waals surface area contributed by atoms with Gasteiger partial charge in [0.2, 0.25) is 0 Å². The highest BCUT2D eigenvalue weighted by atomic mass is 16.5. The molecule has 3 aromatic rings. The maximum Gasteiger partial charge on any atom is 0.329 e. The first-order chi connectivity index (χ1) is 14.8. The van der Waals surface area contributed by atoms with Gasteiger partial charge in [-0.1, -0.05) is 12.1 Å². The largest absolute Gasteiger partial charge is 0.491 e. The van der Waals surface area contributed by atoms with Gasteiger partial charge in [-0.3, -0.25) is 9.59 Å². The first kappa shape index (κ1) is 22.0. The summed E-state index contributed by atoms with van der Waals surface area (Å²) in [6.07, 6.45) is 0.843. The van der Waals surface area contributed by atoms with Gasteiger partial charge in [0.25, 0.3) is 0 Å². The first-order valence-corrected chi connectivity index (χ1v) is 9.60. The summed E-state index contributed by atoms with van der Waals surface area (Å²) in [5.74, 6) is -0.111. The molecule has 0 fully saturated rings. The molecular formula is C23H22O8. The number of hydrogen-bond acceptors (Lipinski definition) is 7. The van der Waals surface area contributed by atoms with Gasteiger partial charge in [-0.15, -0.1) is 0 Å². The monoisotopic (exact) mass is 426 g/mol. The third kappa shape index (κ3) is 5.70. The Hall–Kier alpha value is -3.65. The Kier molecular flexibility index (Phi) is 7.04. The molecule has 0 saturated carbocycles. The van der Waals surface area contributed by atoms with Crippen LogP contribution in [0.25, 0.3) is 22.1 Å². The van der Waals surface area contributed by atoms with E-state index in [-0.39, 0.29) is 31.0 Å². The molecule has 1 N–H and O–H groups in total. The van der Waals surface area contributed by atoms with E-state index in [4.69, 9.17) is 23.7 Å². The van der Waals surface area contributed by atoms with Crippen molar-refractivity contribution < 1.29 is 33.3 Å². The van der Waals surface area contributed by atoms with E-state index in [0.29, 0.717) is 33.6 Å². The van der Waals surface area contributed by atoms with Crippen LogP contribution >= 0.6 is 0 Å². The van der Waals surface area contributed by atoms with Gasteiger partial charge < -0.3 is 23.7 Å². The molecule has 0 aliphatic rings. The van der Waals surface area contributed by atoms with Crippen LogP contribution in [0.2, 0.25) is 0 Å². The lowest BCUT2D eigenvalue weighted by atomic mass is 10.1. The highest BCUT2D eigenvalue weighted by Crippen LogP contribution is 2.25. The van der Waals surface area contributed by atoms with Crippen LogP contribution in [0.3, 0.4) is 0 Å². The standard InChI is InChI=1S/C23H22O8/c1-14(24)15(2)31-17-5-3-16(4-6-17)20-12-30-21-11-18(7-8-19(21)23(20)27)29-10-9-28-13-22(25)26/h3-8,11-12,15H,9-10,13H2,1-2H3,(H,25,26). The molecule has 1 unspecified atom stereocenters. The molecular weight excluding hydrogens is 404 g/mol. The summed E-state index contributed by atoms with van der Waals surface area (Å²) in [5, 5.41) is 8.92. The predicted octanol–water partition coefficient (Wildman–Crippen LogP) is 3.30. The molecule has 31 heavy (non-hydrogen) atoms. The Morgan fingerprint density at radius 2 is 1.77 bits per heavy atom. The van der Waals surface area contributed by atoms with Crippen LogP contribution in [0.1, 0.15) is 13.8 Å². The number of Topliss-reactive ketones (excluding diaryl/α,β-unsaturated/α-hetero) is 1. The van der Waals surface area contributed by atoms with E-state index < -0.39 is 12.1 Å². The topological polar surface area (TPSA) is 112 Å². The summed E-state index contributed by atoms with van der Waals surface area (Å²) in [7, 11) is 0. The molecule has 0 bridgehead atoms. The van der Waals surface area contributed by atoms with Gasteiger partial charge in [0.15, 0.2) is 17.3 Å². The van der Waals surface area contributed by atoms with E-state index in [1.807, 2.05) is 0 Å². The minimum Gasteiger partial charge on any atom is -0.491 e. The summed E-state index contributed by atoms with van der Waals surface area (Å²) in [4.78, 5) is 34.6. The van der Waals surface area contributed by atoms with Crippen LogP contribution in [0.15, 0.2) is 57.9 Å². The Labute approximate surface area is 178 Å². The van der Waals surface area contributed by atoms with Gasteiger partial charge in [0.05, 0.1) is 17.6 Å². The number of rotatable bonds is 10. The molecule has 0 saturated heterocycles. The predicted molar refractivity (Wildman–Crippen MR) is 113 cm³/mol. The van der Waals surface area contributed by atoms with Crippen LogP contribution < -0.4 is 14.9 Å². The minimum atomic E-state index is -1.05. The molecule has 8 heteroatoms. The van der Waals surface area contributed by atoms with Crippen molar-refractivity contribution in [2.45, 2.75) is 20.0 Å². The van der Waals surface area contributed by atoms with E-state index in [1.54, 1.807) is 49.4 Å². The van der Waals surface area contributed by atoms with Gasteiger partial charge in [-0.2, -0.15) is 0 Å². The minimum absolute atomic E-state index is 0.0737. The Bertz CT molecular complexity index is 1130. The highest BCUT2D eigenvalue weighted by Gasteiger charge is 2.12. The third-order valence-corrected chi connectivity index (χ3v) is 4.52. The molecule has 0 spiro atoms. The normalized spacial score (nSPS) is 11.8. The van der Waals surface area contributed by atoms with Gasteiger partial charge in [0.1, 0.15) is 36.6 Å². The van der Waals surface area contributed by atoms with Crippen molar-refractivity contribution in [2.75, 3.05) is 19.8 Å². The number of carboxylic acid groups (broad SMARTS) is 1. The number of carbonyl (C=O) groups is 2. The zero-order valence-electron chi connectivity index (χ0n) is 17.1. The van der Waals surface area contributed by atoms with Crippen molar-refractivity contribution in [3.8, 4) is 22.6 Å². The van der Waals surface area contributed by atoms with Gasteiger partial charge in [-0.05, 0) is 43.7 Å². The second-order valence-electron chi connectivity index (χ2n) is 6.83. The third-order valence-electron chi connectivity index (χ3n) is 4.52. The fourth-order valence-electron chi connectivity index (χ4n) is 2.78. The lowest BCUT2D eigenvalue weighted by Gasteiger charge is -2.12. The number of carbonyl (C=O) groups excluding carboxylic acids is 1. The van der Waals surface area contributed by atoms with E-state index in [1.165, 1.54) is 13.2 Å². The molecule has 0 aliphatic carbocycles. The summed E-state index contributed by atoms with van der Waals surface area (Å²) < 4.78 is 21.6. The van der Waals surface area contributed by atoms with Crippen molar-refractivity contribution in [1.82, 2.24) is 0 Å². The number of hydrogen-bond donors (Lipinski definition) is 1. The fraction of sp³-hybridized carbons (Fsp3) is 0.261. The molecule has 1 aromatic heterocycles. The number of aliphatic carboxylic acids is 1. The quantitative estimate of drug-likeness (QED) is 0.492.